The zero-order valence-corrected chi connectivity index (χ0v) is 21.3. The molecule has 1 saturated heterocycles. The van der Waals surface area contributed by atoms with Gasteiger partial charge >= 0.3 is 0 Å². The molecule has 2 aliphatic rings. The topological polar surface area (TPSA) is 212 Å². The predicted octanol–water partition coefficient (Wildman–Crippen LogP) is -0.805. The summed E-state index contributed by atoms with van der Waals surface area (Å²) >= 11 is 0. The largest absolute Gasteiger partial charge is 0.370 e. The van der Waals surface area contributed by atoms with E-state index in [1.807, 2.05) is 0 Å². The molecule has 1 aliphatic carbocycles. The predicted molar refractivity (Wildman–Crippen MR) is 137 cm³/mol. The minimum Gasteiger partial charge on any atom is -0.370 e. The van der Waals surface area contributed by atoms with Crippen molar-refractivity contribution in [3.63, 3.8) is 0 Å². The summed E-state index contributed by atoms with van der Waals surface area (Å²) in [5, 5.41) is 5.50. The fraction of sp³-hybridized carbons (Fsp3) is 0.792. The fourth-order valence-corrected chi connectivity index (χ4v) is 4.98. The van der Waals surface area contributed by atoms with Gasteiger partial charge in [-0.25, -0.2) is 0 Å². The number of hydrogen-bond donors (Lipinski definition) is 6. The van der Waals surface area contributed by atoms with Gasteiger partial charge in [0.2, 0.25) is 23.6 Å². The Hall–Kier alpha value is -2.89. The summed E-state index contributed by atoms with van der Waals surface area (Å²) in [5.41, 5.74) is 21.7. The number of primary amides is 1. The monoisotopic (exact) mass is 508 g/mol. The minimum absolute atomic E-state index is 0.0221. The van der Waals surface area contributed by atoms with Gasteiger partial charge in [-0.2, -0.15) is 0 Å². The summed E-state index contributed by atoms with van der Waals surface area (Å²) in [4.78, 5) is 56.9. The quantitative estimate of drug-likeness (QED) is 0.0996. The van der Waals surface area contributed by atoms with Crippen LogP contribution in [0.25, 0.3) is 0 Å². The van der Waals surface area contributed by atoms with Gasteiger partial charge in [0.15, 0.2) is 5.96 Å². The van der Waals surface area contributed by atoms with Gasteiger partial charge in [-0.3, -0.25) is 24.2 Å². The first kappa shape index (κ1) is 29.3. The molecule has 36 heavy (non-hydrogen) atoms. The highest BCUT2D eigenvalue weighted by Crippen LogP contribution is 2.29. The number of nitrogens with two attached hydrogens (primary N) is 4. The highest BCUT2D eigenvalue weighted by atomic mass is 16.2. The Morgan fingerprint density at radius 2 is 1.56 bits per heavy atom. The summed E-state index contributed by atoms with van der Waals surface area (Å²) in [5.74, 6) is -1.54. The summed E-state index contributed by atoms with van der Waals surface area (Å²) in [6.07, 6.45) is 8.64. The van der Waals surface area contributed by atoms with Crippen LogP contribution in [0, 0.1) is 5.92 Å². The molecule has 0 aromatic carbocycles. The smallest absolute Gasteiger partial charge is 0.243 e. The van der Waals surface area contributed by atoms with Crippen molar-refractivity contribution in [1.29, 1.82) is 0 Å². The summed E-state index contributed by atoms with van der Waals surface area (Å²) < 4.78 is 0. The Bertz CT molecular complexity index is 780. The number of nitrogens with zero attached hydrogens (tertiary/aromatic N) is 2. The third-order valence-electron chi connectivity index (χ3n) is 6.98. The van der Waals surface area contributed by atoms with Gasteiger partial charge in [0.25, 0.3) is 0 Å². The molecule has 1 saturated carbocycles. The van der Waals surface area contributed by atoms with Gasteiger partial charge < -0.3 is 38.5 Å². The molecule has 0 radical (unpaired) electrons. The van der Waals surface area contributed by atoms with E-state index in [4.69, 9.17) is 22.9 Å². The first-order chi connectivity index (χ1) is 17.2. The maximum atomic E-state index is 13.2. The number of amides is 4. The van der Waals surface area contributed by atoms with Crippen LogP contribution in [0.5, 0.6) is 0 Å². The maximum Gasteiger partial charge on any atom is 0.243 e. The molecule has 3 atom stereocenters. The van der Waals surface area contributed by atoms with Crippen molar-refractivity contribution in [1.82, 2.24) is 15.5 Å². The third kappa shape index (κ3) is 9.29. The van der Waals surface area contributed by atoms with Crippen LogP contribution in [-0.2, 0) is 19.2 Å². The molecule has 0 unspecified atom stereocenters. The molecule has 0 aromatic rings. The van der Waals surface area contributed by atoms with Crippen molar-refractivity contribution in [2.75, 3.05) is 19.6 Å². The van der Waals surface area contributed by atoms with E-state index in [1.54, 1.807) is 4.90 Å². The van der Waals surface area contributed by atoms with Crippen LogP contribution in [0.1, 0.15) is 77.0 Å². The second-order valence-electron chi connectivity index (χ2n) is 9.78. The van der Waals surface area contributed by atoms with Crippen LogP contribution in [0.3, 0.4) is 0 Å². The Labute approximate surface area is 213 Å². The summed E-state index contributed by atoms with van der Waals surface area (Å²) in [7, 11) is 0. The molecule has 0 spiro atoms. The van der Waals surface area contributed by atoms with Crippen LogP contribution >= 0.6 is 0 Å². The van der Waals surface area contributed by atoms with Crippen molar-refractivity contribution < 1.29 is 19.2 Å². The maximum absolute atomic E-state index is 13.2. The second-order valence-corrected chi connectivity index (χ2v) is 9.78. The lowest BCUT2D eigenvalue weighted by Gasteiger charge is -2.31. The second kappa shape index (κ2) is 15.3. The summed E-state index contributed by atoms with van der Waals surface area (Å²) in [6.45, 7) is 1.31. The number of nitrogens with one attached hydrogen (secondary N) is 2. The third-order valence-corrected chi connectivity index (χ3v) is 6.98. The van der Waals surface area contributed by atoms with Gasteiger partial charge in [0, 0.05) is 19.0 Å². The van der Waals surface area contributed by atoms with Crippen molar-refractivity contribution >= 4 is 29.6 Å². The number of likely N-dealkylation sites (tertiary alicyclic amines) is 1. The zero-order chi connectivity index (χ0) is 26.5. The van der Waals surface area contributed by atoms with Crippen LogP contribution in [-0.4, -0.2) is 72.2 Å². The molecular formula is C24H44N8O4. The van der Waals surface area contributed by atoms with E-state index in [9.17, 15) is 19.2 Å². The molecule has 2 fully saturated rings. The lowest BCUT2D eigenvalue weighted by molar-refractivity contribution is -0.143. The number of guanidine groups is 1. The van der Waals surface area contributed by atoms with E-state index in [2.05, 4.69) is 15.6 Å². The van der Waals surface area contributed by atoms with E-state index in [-0.39, 0.29) is 30.1 Å². The highest BCUT2D eigenvalue weighted by Gasteiger charge is 2.38. The van der Waals surface area contributed by atoms with E-state index >= 15 is 0 Å². The van der Waals surface area contributed by atoms with Crippen molar-refractivity contribution in [3.05, 3.63) is 0 Å². The zero-order valence-electron chi connectivity index (χ0n) is 21.3. The van der Waals surface area contributed by atoms with Gasteiger partial charge in [-0.1, -0.05) is 19.3 Å². The molecule has 0 bridgehead atoms. The molecule has 0 aromatic heterocycles. The molecule has 10 N–H and O–H groups in total. The van der Waals surface area contributed by atoms with Crippen molar-refractivity contribution in [2.24, 2.45) is 33.8 Å². The number of rotatable bonds is 14. The van der Waals surface area contributed by atoms with Crippen LogP contribution < -0.4 is 33.6 Å². The molecule has 12 nitrogen and oxygen atoms in total. The van der Waals surface area contributed by atoms with E-state index in [0.29, 0.717) is 51.7 Å². The Balaban J connectivity index is 2.02. The number of carbonyl (C=O) groups excluding carboxylic acids is 4. The van der Waals surface area contributed by atoms with Gasteiger partial charge in [0.05, 0.1) is 0 Å². The van der Waals surface area contributed by atoms with Gasteiger partial charge in [0.1, 0.15) is 18.1 Å². The molecule has 4 amide bonds. The molecule has 2 rings (SSSR count). The molecule has 12 heteroatoms. The van der Waals surface area contributed by atoms with Crippen LogP contribution in [0.4, 0.5) is 0 Å². The normalized spacial score (nSPS) is 19.8. The Kier molecular flexibility index (Phi) is 12.4. The average molecular weight is 509 g/mol. The van der Waals surface area contributed by atoms with Crippen LogP contribution in [0.2, 0.25) is 0 Å². The lowest BCUT2D eigenvalue weighted by atomic mass is 9.88. The number of carbonyl (C=O) groups is 4. The molecule has 204 valence electrons. The Morgan fingerprint density at radius 1 is 0.861 bits per heavy atom. The average Bonchev–Trinajstić information content (AvgIpc) is 3.35. The van der Waals surface area contributed by atoms with E-state index < -0.39 is 29.9 Å². The van der Waals surface area contributed by atoms with E-state index in [1.165, 1.54) is 0 Å². The number of aliphatic imine (C=N–C) groups is 1. The standard InChI is InChI=1S/C24H44N8O4/c25-13-5-4-10-18(21(34)30-17(20(26)33)11-6-14-29-24(27)28)31-22(35)19-12-7-15-32(19)23(36)16-8-2-1-3-9-16/h16-19H,1-15,25H2,(H2,26,33)(H,30,34)(H,31,35)(H4,27,28,29)/t17-,18-,19-/m0/s1. The van der Waals surface area contributed by atoms with E-state index in [0.717, 1.165) is 38.5 Å². The molecule has 1 aliphatic heterocycles. The lowest BCUT2D eigenvalue weighted by Crippen LogP contribution is -2.56. The Morgan fingerprint density at radius 3 is 2.19 bits per heavy atom. The first-order valence-corrected chi connectivity index (χ1v) is 13.2. The SMILES string of the molecule is NCCCC[C@H](NC(=O)[C@@H]1CCCN1C(=O)C1CCCCC1)C(=O)N[C@@H](CCCN=C(N)N)C(N)=O. The molecular weight excluding hydrogens is 464 g/mol. The first-order valence-electron chi connectivity index (χ1n) is 13.2. The highest BCUT2D eigenvalue weighted by molar-refractivity contribution is 5.94. The molecule has 1 heterocycles. The number of unbranched alkanes of at least 4 members (excludes halogenated alkanes) is 1. The number of hydrogen-bond acceptors (Lipinski definition) is 6. The fourth-order valence-electron chi connectivity index (χ4n) is 4.98. The minimum atomic E-state index is -0.920. The van der Waals surface area contributed by atoms with Crippen molar-refractivity contribution in [3.8, 4) is 0 Å². The van der Waals surface area contributed by atoms with Gasteiger partial charge in [-0.15, -0.1) is 0 Å². The van der Waals surface area contributed by atoms with Gasteiger partial charge in [-0.05, 0) is 64.3 Å². The van der Waals surface area contributed by atoms with Crippen LogP contribution in [0.15, 0.2) is 4.99 Å². The van der Waals surface area contributed by atoms with Crippen molar-refractivity contribution in [2.45, 2.75) is 95.2 Å². The summed E-state index contributed by atoms with van der Waals surface area (Å²) in [6, 6.07) is -2.37.